The summed E-state index contributed by atoms with van der Waals surface area (Å²) in [7, 11) is 0. The van der Waals surface area contributed by atoms with E-state index in [1.807, 2.05) is 0 Å². The Bertz CT molecular complexity index is 494. The Morgan fingerprint density at radius 1 is 1.25 bits per heavy atom. The van der Waals surface area contributed by atoms with E-state index in [-0.39, 0.29) is 11.3 Å². The molecule has 1 aromatic heterocycles. The number of rotatable bonds is 3. The molecule has 16 heavy (non-hydrogen) atoms. The van der Waals surface area contributed by atoms with Crippen LogP contribution in [0.4, 0.5) is 8.78 Å². The molecule has 0 unspecified atom stereocenters. The predicted octanol–water partition coefficient (Wildman–Crippen LogP) is 2.62. The number of carbonyl (C=O) groups excluding carboxylic acids is 1. The highest BCUT2D eigenvalue weighted by atomic mass is 19.3. The third kappa shape index (κ3) is 1.71. The van der Waals surface area contributed by atoms with Crippen molar-refractivity contribution in [3.63, 3.8) is 0 Å². The minimum absolute atomic E-state index is 0.0844. The lowest BCUT2D eigenvalue weighted by molar-refractivity contribution is 0.110. The number of aldehydes is 1. The molecule has 0 bridgehead atoms. The van der Waals surface area contributed by atoms with E-state index in [0.717, 1.165) is 10.9 Å². The second-order valence-electron chi connectivity index (χ2n) is 3.15. The molecule has 0 aliphatic rings. The number of halogens is 2. The first-order valence-corrected chi connectivity index (χ1v) is 4.60. The van der Waals surface area contributed by atoms with Gasteiger partial charge in [0.1, 0.15) is 5.69 Å². The molecular weight excluding hydrogens is 214 g/mol. The molecule has 1 aromatic carbocycles. The monoisotopic (exact) mass is 222 g/mol. The Balaban J connectivity index is 2.58. The van der Waals surface area contributed by atoms with Crippen molar-refractivity contribution >= 4 is 6.29 Å². The Kier molecular flexibility index (Phi) is 2.76. The summed E-state index contributed by atoms with van der Waals surface area (Å²) in [5.74, 6) is 0. The molecule has 2 rings (SSSR count). The molecule has 2 aromatic rings. The van der Waals surface area contributed by atoms with E-state index in [1.54, 1.807) is 30.3 Å². The van der Waals surface area contributed by atoms with Crippen molar-refractivity contribution in [1.82, 2.24) is 9.78 Å². The van der Waals surface area contributed by atoms with Gasteiger partial charge in [0.05, 0.1) is 17.4 Å². The molecule has 0 saturated heterocycles. The van der Waals surface area contributed by atoms with Crippen LogP contribution in [0.1, 0.15) is 22.5 Å². The highest BCUT2D eigenvalue weighted by molar-refractivity contribution is 5.76. The highest BCUT2D eigenvalue weighted by Crippen LogP contribution is 2.24. The van der Waals surface area contributed by atoms with E-state index in [1.165, 1.54) is 0 Å². The number of benzene rings is 1. The number of para-hydroxylation sites is 1. The van der Waals surface area contributed by atoms with Gasteiger partial charge >= 0.3 is 0 Å². The molecule has 0 atom stereocenters. The van der Waals surface area contributed by atoms with Gasteiger partial charge in [-0.25, -0.2) is 13.5 Å². The Hall–Kier alpha value is -2.04. The van der Waals surface area contributed by atoms with E-state index >= 15 is 0 Å². The van der Waals surface area contributed by atoms with Crippen molar-refractivity contribution in [3.05, 3.63) is 47.8 Å². The van der Waals surface area contributed by atoms with Crippen molar-refractivity contribution in [2.75, 3.05) is 0 Å². The van der Waals surface area contributed by atoms with Gasteiger partial charge < -0.3 is 0 Å². The number of nitrogens with zero attached hydrogens (tertiary/aromatic N) is 2. The molecule has 0 amide bonds. The number of hydrogen-bond acceptors (Lipinski definition) is 2. The quantitative estimate of drug-likeness (QED) is 0.748. The second-order valence-corrected chi connectivity index (χ2v) is 3.15. The third-order valence-corrected chi connectivity index (χ3v) is 2.17. The summed E-state index contributed by atoms with van der Waals surface area (Å²) in [4.78, 5) is 10.6. The zero-order chi connectivity index (χ0) is 11.5. The van der Waals surface area contributed by atoms with Gasteiger partial charge in [-0.2, -0.15) is 5.10 Å². The zero-order valence-electron chi connectivity index (χ0n) is 8.18. The smallest absolute Gasteiger partial charge is 0.281 e. The second kappa shape index (κ2) is 4.22. The van der Waals surface area contributed by atoms with Gasteiger partial charge in [0, 0.05) is 0 Å². The molecule has 0 N–H and O–H groups in total. The minimum Gasteiger partial charge on any atom is -0.298 e. The van der Waals surface area contributed by atoms with Crippen LogP contribution in [-0.4, -0.2) is 16.1 Å². The Labute approximate surface area is 90.3 Å². The number of carbonyl (C=O) groups is 1. The lowest BCUT2D eigenvalue weighted by Gasteiger charge is -2.06. The average molecular weight is 222 g/mol. The van der Waals surface area contributed by atoms with Gasteiger partial charge in [-0.3, -0.25) is 4.79 Å². The maximum Gasteiger partial charge on any atom is 0.281 e. The van der Waals surface area contributed by atoms with Crippen LogP contribution in [0.3, 0.4) is 0 Å². The van der Waals surface area contributed by atoms with Crippen LogP contribution in [0, 0.1) is 0 Å². The number of alkyl halides is 2. The van der Waals surface area contributed by atoms with Gasteiger partial charge in [-0.15, -0.1) is 0 Å². The van der Waals surface area contributed by atoms with Crippen molar-refractivity contribution in [2.24, 2.45) is 0 Å². The zero-order valence-corrected chi connectivity index (χ0v) is 8.18. The van der Waals surface area contributed by atoms with E-state index < -0.39 is 6.43 Å². The van der Waals surface area contributed by atoms with Crippen LogP contribution < -0.4 is 0 Å². The lowest BCUT2D eigenvalue weighted by Crippen LogP contribution is -2.03. The lowest BCUT2D eigenvalue weighted by atomic mass is 10.2. The summed E-state index contributed by atoms with van der Waals surface area (Å²) in [5, 5.41) is 3.78. The fraction of sp³-hybridized carbons (Fsp3) is 0.0909. The van der Waals surface area contributed by atoms with Crippen LogP contribution in [0.15, 0.2) is 36.5 Å². The summed E-state index contributed by atoms with van der Waals surface area (Å²) in [6.45, 7) is 0. The van der Waals surface area contributed by atoms with Crippen molar-refractivity contribution in [1.29, 1.82) is 0 Å². The van der Waals surface area contributed by atoms with E-state index in [9.17, 15) is 13.6 Å². The van der Waals surface area contributed by atoms with E-state index in [4.69, 9.17) is 0 Å². The highest BCUT2D eigenvalue weighted by Gasteiger charge is 2.20. The van der Waals surface area contributed by atoms with Crippen molar-refractivity contribution in [3.8, 4) is 5.69 Å². The van der Waals surface area contributed by atoms with Crippen molar-refractivity contribution in [2.45, 2.75) is 6.43 Å². The van der Waals surface area contributed by atoms with Gasteiger partial charge in [0.25, 0.3) is 6.43 Å². The van der Waals surface area contributed by atoms with Crippen LogP contribution >= 0.6 is 0 Å². The summed E-state index contributed by atoms with van der Waals surface area (Å²) in [6.07, 6.45) is -1.21. The summed E-state index contributed by atoms with van der Waals surface area (Å²) in [6, 6.07) is 8.50. The largest absolute Gasteiger partial charge is 0.298 e. The average Bonchev–Trinajstić information content (AvgIpc) is 2.73. The normalized spacial score (nSPS) is 10.7. The Morgan fingerprint density at radius 3 is 2.50 bits per heavy atom. The maximum atomic E-state index is 12.8. The van der Waals surface area contributed by atoms with E-state index in [0.29, 0.717) is 12.0 Å². The summed E-state index contributed by atoms with van der Waals surface area (Å²) < 4.78 is 26.6. The topological polar surface area (TPSA) is 34.9 Å². The van der Waals surface area contributed by atoms with Crippen LogP contribution in [0.5, 0.6) is 0 Å². The molecule has 3 nitrogen and oxygen atoms in total. The molecule has 1 heterocycles. The summed E-state index contributed by atoms with van der Waals surface area (Å²) in [5.41, 5.74) is 0.0472. The molecule has 5 heteroatoms. The SMILES string of the molecule is O=Cc1cnn(-c2ccccc2)c1C(F)F. The fourth-order valence-corrected chi connectivity index (χ4v) is 1.45. The molecule has 0 saturated carbocycles. The maximum absolute atomic E-state index is 12.8. The predicted molar refractivity (Wildman–Crippen MR) is 53.9 cm³/mol. The van der Waals surface area contributed by atoms with E-state index in [2.05, 4.69) is 5.10 Å². The molecule has 0 fully saturated rings. The number of aromatic nitrogens is 2. The molecule has 0 aliphatic heterocycles. The molecule has 82 valence electrons. The first kappa shape index (κ1) is 10.5. The molecule has 0 spiro atoms. The molecule has 0 aliphatic carbocycles. The van der Waals surface area contributed by atoms with Gasteiger partial charge in [0.2, 0.25) is 0 Å². The van der Waals surface area contributed by atoms with Gasteiger partial charge in [-0.1, -0.05) is 18.2 Å². The minimum atomic E-state index is -2.73. The summed E-state index contributed by atoms with van der Waals surface area (Å²) >= 11 is 0. The fourth-order valence-electron chi connectivity index (χ4n) is 1.45. The Morgan fingerprint density at radius 2 is 1.94 bits per heavy atom. The molecular formula is C11H8F2N2O. The van der Waals surface area contributed by atoms with Gasteiger partial charge in [-0.05, 0) is 12.1 Å². The van der Waals surface area contributed by atoms with Crippen molar-refractivity contribution < 1.29 is 13.6 Å². The number of hydrogen-bond donors (Lipinski definition) is 0. The standard InChI is InChI=1S/C11H8F2N2O/c12-11(13)10-8(7-16)6-14-15(10)9-4-2-1-3-5-9/h1-7,11H. The first-order valence-electron chi connectivity index (χ1n) is 4.60. The van der Waals surface area contributed by atoms with Gasteiger partial charge in [0.15, 0.2) is 6.29 Å². The van der Waals surface area contributed by atoms with Crippen LogP contribution in [-0.2, 0) is 0 Å². The van der Waals surface area contributed by atoms with Crippen LogP contribution in [0.2, 0.25) is 0 Å². The van der Waals surface area contributed by atoms with Crippen LogP contribution in [0.25, 0.3) is 5.69 Å². The molecule has 0 radical (unpaired) electrons. The third-order valence-electron chi connectivity index (χ3n) is 2.17. The first-order chi connectivity index (χ1) is 7.74.